The molecule has 31 nitrogen and oxygen atoms in total. The first-order valence-electron chi connectivity index (χ1n) is 40.8. The fraction of sp³-hybridized carbons (Fsp3) is 0.160. The molecule has 3 heterocycles. The zero-order chi connectivity index (χ0) is 106. The molecule has 0 unspecified atom stereocenters. The number of alkyl halides is 1. The number of anilines is 3. The number of aliphatic carboxylic acids is 1. The average Bonchev–Trinajstić information content (AvgIpc) is 1.66. The first-order chi connectivity index (χ1) is 68.1. The summed E-state index contributed by atoms with van der Waals surface area (Å²) < 4.78 is 67.3. The number of halogens is 16. The predicted octanol–water partition coefficient (Wildman–Crippen LogP) is 22.2. The number of pyridine rings is 3. The van der Waals surface area contributed by atoms with Gasteiger partial charge in [0.1, 0.15) is 57.5 Å². The summed E-state index contributed by atoms with van der Waals surface area (Å²) in [6.07, 6.45) is 14.5. The first-order valence-corrected chi connectivity index (χ1v) is 47.4. The van der Waals surface area contributed by atoms with Gasteiger partial charge in [-0.1, -0.05) is 159 Å². The molecule has 2 aliphatic carbocycles. The van der Waals surface area contributed by atoms with Crippen LogP contribution in [0.25, 0.3) is 0 Å². The average molecular weight is 2700 g/mol. The number of non-ortho nitro benzene ring substituents is 2. The normalized spacial score (nSPS) is 10.9. The number of nitro groups is 2. The monoisotopic (exact) mass is 2690 g/mol. The number of methoxy groups -OCH3 is 5. The van der Waals surface area contributed by atoms with Crippen molar-refractivity contribution in [1.82, 2.24) is 15.0 Å². The molecule has 0 radical (unpaired) electrons. The fourth-order valence-electron chi connectivity index (χ4n) is 11.1. The molecule has 2 fully saturated rings. The van der Waals surface area contributed by atoms with Crippen molar-refractivity contribution in [3.63, 3.8) is 0 Å². The van der Waals surface area contributed by atoms with Crippen LogP contribution in [-0.4, -0.2) is 119 Å². The summed E-state index contributed by atoms with van der Waals surface area (Å²) in [5.41, 5.74) is 10.2. The van der Waals surface area contributed by atoms with E-state index in [-0.39, 0.29) is 241 Å². The van der Waals surface area contributed by atoms with Crippen LogP contribution in [0.15, 0.2) is 243 Å². The number of nitrogens with two attached hydrogens (primary N) is 1. The second kappa shape index (κ2) is 68.1. The Hall–Kier alpha value is -6.78. The molecule has 50 heteroatoms. The van der Waals surface area contributed by atoms with E-state index in [1.54, 1.807) is 206 Å². The molecule has 144 heavy (non-hydrogen) atoms. The summed E-state index contributed by atoms with van der Waals surface area (Å²) in [6.45, 7) is -0.181. The standard InChI is InChI=1S/C23H20Cl2N2O3.C20H15BrCl2N2O3.C13H8BrCl2NO4.C13H10BrCl2NO2.C7H7BrO2.C7H7NO2.C6H2Cl3NO2.C3H7BO2.CH3F.CH2O3.2Cs.H/c1-29-21-7-6-17(12-18(21)15-4-5-15)30-23-19(24)10-16(11-20(23)25)27-22(28)9-14-3-2-8-26-13-14;1-27-18-5-4-14(10-15(18)21)28-20-16(22)8-13(9-17(20)23)25-19(26)7-12-3-2-6-24-11-12;1-20-12-3-2-8(6-9(12)14)21-13-10(15)4-7(17(18)19)5-11(13)16;1-18-12-3-2-8(6-9(12)14)19-13-10(15)4-7(17)5-11(13)16;1-10-7-3-2-5(9)4-6(7)8;9-7(10)4-6-2-1-3-8-5-6;7-4-1-3(10(11)12)2-5(8)6(4)9;5-4(6)3-1-2-3;1-2;2-1-4-3;;;/h2-3,6-8,10-13,15H,4-5,9H2,1H3,(H,27,28);2-6,8-11H,7H2,1H3,(H,25,26);2-6H,1H3;2-6H,17H2,1H3;2-4,9H,1H3;1-3,5H,4H2,(H,9,10);1-2H;3,5-6H,1-2H2;1H3;1,3H;;;/q;;;;;;;;;;2*+1;-1/p-1/i;;;;;;;;1D;;;;. The number of nitrogen functional groups attached to an aromatic ring is 1. The first kappa shape index (κ1) is 128. The number of nitrogens with one attached hydrogen (secondary N) is 2. The molecule has 13 aromatic rings. The van der Waals surface area contributed by atoms with E-state index in [2.05, 4.69) is 94.2 Å². The van der Waals surface area contributed by atoms with E-state index in [4.69, 9.17) is 208 Å². The van der Waals surface area contributed by atoms with Crippen molar-refractivity contribution in [3.05, 3.63) is 341 Å². The van der Waals surface area contributed by atoms with E-state index in [1.807, 2.05) is 30.3 Å². The van der Waals surface area contributed by atoms with E-state index in [0.29, 0.717) is 105 Å². The Kier molecular flexibility index (Phi) is 60.4. The molecule has 0 aliphatic heterocycles. The number of hydrogen-bond acceptors (Lipinski definition) is 26. The van der Waals surface area contributed by atoms with Crippen molar-refractivity contribution >= 4 is 251 Å². The summed E-state index contributed by atoms with van der Waals surface area (Å²) in [5.74, 6) is 6.71. The smallest absolute Gasteiger partial charge is 1.00 e. The Morgan fingerprint density at radius 3 is 1.03 bits per heavy atom. The van der Waals surface area contributed by atoms with E-state index in [1.165, 1.54) is 12.1 Å². The molecule has 10 aromatic carbocycles. The van der Waals surface area contributed by atoms with Crippen LogP contribution in [-0.2, 0) is 43.3 Å². The number of nitrogens with zero attached hydrogens (tertiary/aromatic N) is 5. The summed E-state index contributed by atoms with van der Waals surface area (Å²) in [6, 6.07) is 51.0. The van der Waals surface area contributed by atoms with Gasteiger partial charge in [-0.05, 0) is 251 Å². The fourth-order valence-corrected chi connectivity index (χ4v) is 16.1. The van der Waals surface area contributed by atoms with Crippen LogP contribution in [0.4, 0.5) is 32.8 Å². The predicted molar refractivity (Wildman–Crippen MR) is 562 cm³/mol. The molecular formula is C94H81BBr4Cl11Cs2FN8O23. The quantitative estimate of drug-likeness (QED) is 0.00503. The van der Waals surface area contributed by atoms with Crippen molar-refractivity contribution in [2.24, 2.45) is 0 Å². The zero-order valence-electron chi connectivity index (χ0n) is 78.2. The molecule has 2 saturated carbocycles. The van der Waals surface area contributed by atoms with Crippen LogP contribution in [0.1, 0.15) is 56.7 Å². The van der Waals surface area contributed by atoms with Gasteiger partial charge in [0.25, 0.3) is 17.8 Å². The van der Waals surface area contributed by atoms with Crippen LogP contribution in [0, 0.1) is 20.2 Å². The van der Waals surface area contributed by atoms with E-state index >= 15 is 0 Å². The molecule has 15 rings (SSSR count). The molecule has 2 aliphatic rings. The number of rotatable bonds is 26. The van der Waals surface area contributed by atoms with Gasteiger partial charge in [0, 0.05) is 84.1 Å². The maximum atomic E-state index is 12.3. The summed E-state index contributed by atoms with van der Waals surface area (Å²) >= 11 is 79.5. The number of aromatic nitrogens is 3. The minimum atomic E-state index is -1.04. The summed E-state index contributed by atoms with van der Waals surface area (Å²) in [7, 11) is 5.92. The number of carboxylic acid groups (broad SMARTS) is 1. The van der Waals surface area contributed by atoms with Crippen molar-refractivity contribution in [1.29, 1.82) is 0 Å². The number of nitro benzene ring substituents is 2. The van der Waals surface area contributed by atoms with Gasteiger partial charge in [-0.2, -0.15) is 0 Å². The van der Waals surface area contributed by atoms with Crippen LogP contribution < -0.4 is 202 Å². The Morgan fingerprint density at radius 1 is 0.479 bits per heavy atom. The molecule has 0 bridgehead atoms. The SMILES string of the molecule is COc1ccc(O)cc1Br.COc1ccc(Oc2c(Cl)cc(N)cc2Cl)cc1Br.COc1ccc(Oc2c(Cl)cc(NC(=O)Cc3cccnc3)cc2Cl)cc1Br.COc1ccc(Oc2c(Cl)cc(NC(=O)Cc3cccnc3)cc2Cl)cc1C1CC1.COc1ccc(Oc2c(Cl)cc([N+](=O)[O-])cc2Cl)cc1Br.O=C(O)Cc1cccnc1.O=CO[O-].O=[N+]([O-])c1cc(Cl)c(Cl)c(Cl)c1.OB(O)C1CC1.[2H]CF.[Cs+].[Cs+].[H-]. The maximum absolute atomic E-state index is 12.3. The number of hydrogen-bond donors (Lipinski definition) is 7. The van der Waals surface area contributed by atoms with Gasteiger partial charge in [0.05, 0.1) is 146 Å². The number of phenolic OH excluding ortho intramolecular Hbond substituents is 1. The van der Waals surface area contributed by atoms with Crippen molar-refractivity contribution in [3.8, 4) is 80.5 Å². The Bertz CT molecular complexity index is 6360. The maximum Gasteiger partial charge on any atom is 1.00 e. The van der Waals surface area contributed by atoms with E-state index in [9.17, 15) is 39.0 Å². The van der Waals surface area contributed by atoms with Gasteiger partial charge in [0.2, 0.25) is 11.8 Å². The topological polar surface area (TPSA) is 440 Å². The number of carbonyl (C=O) groups excluding carboxylic acids is 3. The molecular weight excluding hydrogens is 2610 g/mol. The minimum absolute atomic E-state index is 0. The van der Waals surface area contributed by atoms with Crippen molar-refractivity contribution in [2.45, 2.75) is 56.7 Å². The van der Waals surface area contributed by atoms with Gasteiger partial charge < -0.3 is 90.8 Å². The Labute approximate surface area is 1030 Å². The van der Waals surface area contributed by atoms with Crippen LogP contribution in [0.2, 0.25) is 61.1 Å². The molecule has 0 saturated heterocycles. The number of aromatic hydroxyl groups is 1. The zero-order valence-corrected chi connectivity index (χ0v) is 103. The van der Waals surface area contributed by atoms with Gasteiger partial charge in [-0.15, -0.1) is 0 Å². The largest absolute Gasteiger partial charge is 1.00 e. The number of ether oxygens (including phenoxy) is 9. The molecule has 3 aromatic heterocycles. The minimum Gasteiger partial charge on any atom is -1.00 e. The number of carboxylic acids is 1. The molecule has 0 atom stereocenters. The van der Waals surface area contributed by atoms with Crippen molar-refractivity contribution < 1.29 is 247 Å². The molecule has 752 valence electrons. The second-order valence-electron chi connectivity index (χ2n) is 28.2. The molecule has 2 amide bonds. The third-order valence-electron chi connectivity index (χ3n) is 17.9. The third-order valence-corrected chi connectivity index (χ3v) is 23.8. The van der Waals surface area contributed by atoms with Gasteiger partial charge >= 0.3 is 151 Å². The van der Waals surface area contributed by atoms with E-state index in [0.717, 1.165) is 85.0 Å². The van der Waals surface area contributed by atoms with Crippen LogP contribution in [0.5, 0.6) is 80.5 Å². The Morgan fingerprint density at radius 2 is 0.771 bits per heavy atom. The van der Waals surface area contributed by atoms with Crippen LogP contribution >= 0.6 is 191 Å². The van der Waals surface area contributed by atoms with Crippen LogP contribution in [0.3, 0.4) is 0 Å². The van der Waals surface area contributed by atoms with Gasteiger partial charge in [0.15, 0.2) is 23.0 Å². The van der Waals surface area contributed by atoms with Crippen molar-refractivity contribution in [2.75, 3.05) is 59.1 Å². The third kappa shape index (κ3) is 45.6. The summed E-state index contributed by atoms with van der Waals surface area (Å²) in [4.78, 5) is 77.5. The second-order valence-corrected chi connectivity index (χ2v) is 36.0. The van der Waals surface area contributed by atoms with Gasteiger partial charge in [-0.25, -0.2) is 0 Å². The molecule has 0 spiro atoms. The molecule has 8 N–H and O–H groups in total. The summed E-state index contributed by atoms with van der Waals surface area (Å²) in [5, 5.41) is 71.0. The van der Waals surface area contributed by atoms with E-state index < -0.39 is 30.1 Å². The number of phenols is 1. The van der Waals surface area contributed by atoms with Gasteiger partial charge in [-0.3, -0.25) is 58.7 Å². The Balaban J connectivity index is 0.000000439. The number of benzene rings is 10. The number of amides is 2. The number of carbonyl (C=O) groups is 4.